The van der Waals surface area contributed by atoms with Gasteiger partial charge < -0.3 is 0 Å². The Labute approximate surface area is 171 Å². The molecule has 0 radical (unpaired) electrons. The second kappa shape index (κ2) is 8.49. The Morgan fingerprint density at radius 3 is 2.07 bits per heavy atom. The molecule has 1 fully saturated rings. The Kier molecular flexibility index (Phi) is 6.40. The van der Waals surface area contributed by atoms with Crippen LogP contribution in [0.15, 0.2) is 36.4 Å². The average Bonchev–Trinajstić information content (AvgIpc) is 3.50. The van der Waals surface area contributed by atoms with E-state index < -0.39 is 11.7 Å². The Bertz CT molecular complexity index is 846. The third-order valence-electron chi connectivity index (χ3n) is 6.22. The van der Waals surface area contributed by atoms with Crippen LogP contribution in [0.2, 0.25) is 0 Å². The first-order valence-corrected chi connectivity index (χ1v) is 10.6. The van der Waals surface area contributed by atoms with E-state index in [9.17, 15) is 17.6 Å². The number of alkyl halides is 3. The highest BCUT2D eigenvalue weighted by atomic mass is 19.4. The van der Waals surface area contributed by atoms with Crippen LogP contribution < -0.4 is 0 Å². The molecule has 1 aliphatic carbocycles. The highest BCUT2D eigenvalue weighted by molar-refractivity contribution is 5.38. The van der Waals surface area contributed by atoms with Gasteiger partial charge in [-0.15, -0.1) is 0 Å². The van der Waals surface area contributed by atoms with Gasteiger partial charge in [0.25, 0.3) is 0 Å². The molecule has 2 aromatic carbocycles. The third-order valence-corrected chi connectivity index (χ3v) is 6.22. The summed E-state index contributed by atoms with van der Waals surface area (Å²) in [5, 5.41) is 0. The molecule has 158 valence electrons. The molecule has 2 atom stereocenters. The van der Waals surface area contributed by atoms with Gasteiger partial charge in [0.1, 0.15) is 5.82 Å². The maximum Gasteiger partial charge on any atom is 0.416 e. The molecule has 0 spiro atoms. The summed E-state index contributed by atoms with van der Waals surface area (Å²) in [6.45, 7) is 7.74. The fraction of sp³-hybridized carbons (Fsp3) is 0.520. The van der Waals surface area contributed by atoms with E-state index in [0.29, 0.717) is 23.5 Å². The fourth-order valence-electron chi connectivity index (χ4n) is 4.01. The van der Waals surface area contributed by atoms with Gasteiger partial charge in [-0.3, -0.25) is 0 Å². The Balaban J connectivity index is 1.73. The summed E-state index contributed by atoms with van der Waals surface area (Å²) in [5.74, 6) is 0.241. The van der Waals surface area contributed by atoms with Crippen LogP contribution in [0.3, 0.4) is 0 Å². The molecule has 0 amide bonds. The molecule has 3 rings (SSSR count). The maximum atomic E-state index is 14.0. The Morgan fingerprint density at radius 1 is 0.862 bits per heavy atom. The monoisotopic (exact) mass is 406 g/mol. The van der Waals surface area contributed by atoms with Crippen LogP contribution in [0, 0.1) is 5.82 Å². The molecular weight excluding hydrogens is 376 g/mol. The van der Waals surface area contributed by atoms with Crippen molar-refractivity contribution in [2.45, 2.75) is 83.2 Å². The second-order valence-electron chi connectivity index (χ2n) is 8.93. The van der Waals surface area contributed by atoms with Gasteiger partial charge in [-0.25, -0.2) is 4.39 Å². The highest BCUT2D eigenvalue weighted by Crippen LogP contribution is 2.43. The highest BCUT2D eigenvalue weighted by Gasteiger charge is 2.35. The summed E-state index contributed by atoms with van der Waals surface area (Å²) in [7, 11) is 0. The largest absolute Gasteiger partial charge is 0.416 e. The molecule has 0 saturated heterocycles. The lowest BCUT2D eigenvalue weighted by Gasteiger charge is -2.22. The van der Waals surface area contributed by atoms with Gasteiger partial charge in [0.15, 0.2) is 0 Å². The van der Waals surface area contributed by atoms with Gasteiger partial charge in [0.2, 0.25) is 0 Å². The van der Waals surface area contributed by atoms with E-state index in [1.165, 1.54) is 12.1 Å². The number of hydrogen-bond acceptors (Lipinski definition) is 0. The quantitative estimate of drug-likeness (QED) is 0.404. The summed E-state index contributed by atoms with van der Waals surface area (Å²) in [6, 6.07) is 10.1. The molecule has 0 bridgehead atoms. The Morgan fingerprint density at radius 2 is 1.48 bits per heavy atom. The first-order valence-electron chi connectivity index (χ1n) is 10.6. The molecule has 2 aromatic rings. The zero-order chi connectivity index (χ0) is 21.3. The maximum absolute atomic E-state index is 14.0. The number of halogens is 4. The minimum Gasteiger partial charge on any atom is -0.207 e. The fourth-order valence-corrected chi connectivity index (χ4v) is 4.01. The average molecular weight is 407 g/mol. The number of benzene rings is 2. The molecule has 1 aliphatic rings. The van der Waals surface area contributed by atoms with Gasteiger partial charge in [0.05, 0.1) is 5.56 Å². The molecular formula is C25H30F4. The molecule has 4 heteroatoms. The van der Waals surface area contributed by atoms with E-state index >= 15 is 0 Å². The van der Waals surface area contributed by atoms with Crippen molar-refractivity contribution < 1.29 is 17.6 Å². The van der Waals surface area contributed by atoms with Crippen molar-refractivity contribution in [2.24, 2.45) is 0 Å². The van der Waals surface area contributed by atoms with Crippen molar-refractivity contribution in [1.29, 1.82) is 0 Å². The summed E-state index contributed by atoms with van der Waals surface area (Å²) in [6.07, 6.45) is -0.853. The van der Waals surface area contributed by atoms with Crippen LogP contribution in [0.25, 0.3) is 0 Å². The normalized spacial score (nSPS) is 16.9. The van der Waals surface area contributed by atoms with E-state index in [1.54, 1.807) is 6.07 Å². The van der Waals surface area contributed by atoms with Crippen molar-refractivity contribution >= 4 is 0 Å². The Hall–Kier alpha value is -1.84. The number of hydrogen-bond donors (Lipinski definition) is 0. The summed E-state index contributed by atoms with van der Waals surface area (Å²) >= 11 is 0. The van der Waals surface area contributed by atoms with Crippen molar-refractivity contribution in [3.05, 3.63) is 70.0 Å². The molecule has 29 heavy (non-hydrogen) atoms. The van der Waals surface area contributed by atoms with Crippen LogP contribution in [-0.2, 0) is 6.18 Å². The first-order chi connectivity index (χ1) is 13.6. The van der Waals surface area contributed by atoms with Gasteiger partial charge in [0, 0.05) is 0 Å². The van der Waals surface area contributed by atoms with E-state index in [1.807, 2.05) is 39.0 Å². The standard InChI is InChI=1S/C25H30F4/c1-15(2)19-9-11-21(23(14-19)25(27,28)29)17(4)6-5-16(3)20-10-12-24(26)22(13-20)18-7-8-18/h9-18H,5-8H2,1-4H3. The van der Waals surface area contributed by atoms with Crippen molar-refractivity contribution in [1.82, 2.24) is 0 Å². The van der Waals surface area contributed by atoms with Crippen LogP contribution in [0.1, 0.15) is 105 Å². The molecule has 0 aromatic heterocycles. The molecule has 1 saturated carbocycles. The lowest BCUT2D eigenvalue weighted by atomic mass is 9.85. The summed E-state index contributed by atoms with van der Waals surface area (Å²) in [5.41, 5.74) is 2.44. The predicted molar refractivity (Wildman–Crippen MR) is 110 cm³/mol. The minimum atomic E-state index is -4.35. The summed E-state index contributed by atoms with van der Waals surface area (Å²) in [4.78, 5) is 0. The number of rotatable bonds is 7. The van der Waals surface area contributed by atoms with Gasteiger partial charge >= 0.3 is 6.18 Å². The van der Waals surface area contributed by atoms with Crippen LogP contribution in [-0.4, -0.2) is 0 Å². The van der Waals surface area contributed by atoms with E-state index in [4.69, 9.17) is 0 Å². The third kappa shape index (κ3) is 5.21. The van der Waals surface area contributed by atoms with Crippen LogP contribution in [0.5, 0.6) is 0 Å². The van der Waals surface area contributed by atoms with Crippen LogP contribution >= 0.6 is 0 Å². The van der Waals surface area contributed by atoms with Crippen LogP contribution in [0.4, 0.5) is 17.6 Å². The molecule has 2 unspecified atom stereocenters. The predicted octanol–water partition coefficient (Wildman–Crippen LogP) is 8.53. The molecule has 0 heterocycles. The van der Waals surface area contributed by atoms with E-state index in [-0.39, 0.29) is 23.6 Å². The zero-order valence-corrected chi connectivity index (χ0v) is 17.6. The lowest BCUT2D eigenvalue weighted by Crippen LogP contribution is -2.12. The zero-order valence-electron chi connectivity index (χ0n) is 17.6. The van der Waals surface area contributed by atoms with Crippen molar-refractivity contribution in [3.63, 3.8) is 0 Å². The lowest BCUT2D eigenvalue weighted by molar-refractivity contribution is -0.138. The second-order valence-corrected chi connectivity index (χ2v) is 8.93. The molecule has 0 aliphatic heterocycles. The van der Waals surface area contributed by atoms with Crippen molar-refractivity contribution in [2.75, 3.05) is 0 Å². The van der Waals surface area contributed by atoms with Gasteiger partial charge in [-0.1, -0.05) is 52.0 Å². The van der Waals surface area contributed by atoms with E-state index in [2.05, 4.69) is 6.92 Å². The molecule has 0 N–H and O–H groups in total. The van der Waals surface area contributed by atoms with Gasteiger partial charge in [-0.2, -0.15) is 13.2 Å². The SMILES string of the molecule is CC(C)c1ccc(C(C)CCC(C)c2ccc(F)c(C3CC3)c2)c(C(F)(F)F)c1. The molecule has 0 nitrogen and oxygen atoms in total. The smallest absolute Gasteiger partial charge is 0.207 e. The summed E-state index contributed by atoms with van der Waals surface area (Å²) < 4.78 is 54.9. The minimum absolute atomic E-state index is 0.0552. The topological polar surface area (TPSA) is 0 Å². The van der Waals surface area contributed by atoms with Gasteiger partial charge in [-0.05, 0) is 83.7 Å². The van der Waals surface area contributed by atoms with Crippen molar-refractivity contribution in [3.8, 4) is 0 Å². The van der Waals surface area contributed by atoms with E-state index in [0.717, 1.165) is 30.4 Å². The first kappa shape index (κ1) is 21.9.